The molecule has 0 aliphatic heterocycles. The van der Waals surface area contributed by atoms with Crippen molar-refractivity contribution in [3.63, 3.8) is 0 Å². The van der Waals surface area contributed by atoms with Gasteiger partial charge in [0.1, 0.15) is 0 Å². The van der Waals surface area contributed by atoms with E-state index < -0.39 is 24.0 Å². The van der Waals surface area contributed by atoms with Gasteiger partial charge in [-0.25, -0.2) is 4.79 Å². The van der Waals surface area contributed by atoms with Crippen molar-refractivity contribution >= 4 is 24.6 Å². The van der Waals surface area contributed by atoms with Gasteiger partial charge in [-0.3, -0.25) is 0 Å². The molecule has 0 spiro atoms. The summed E-state index contributed by atoms with van der Waals surface area (Å²) in [5.41, 5.74) is 0.457. The third kappa shape index (κ3) is 7.34. The summed E-state index contributed by atoms with van der Waals surface area (Å²) < 4.78 is 40.2. The Bertz CT molecular complexity index is 824. The fourth-order valence-corrected chi connectivity index (χ4v) is 9.26. The summed E-state index contributed by atoms with van der Waals surface area (Å²) in [6, 6.07) is 0. The van der Waals surface area contributed by atoms with Crippen LogP contribution in [0, 0.1) is 40.4 Å². The zero-order valence-corrected chi connectivity index (χ0v) is 26.4. The molecule has 0 heterocycles. The van der Waals surface area contributed by atoms with Gasteiger partial charge in [0.25, 0.3) is 0 Å². The van der Waals surface area contributed by atoms with Gasteiger partial charge in [-0.2, -0.15) is 25.8 Å². The number of hydrogen-bond donors (Lipinski definition) is 3. The largest absolute Gasteiger partial charge is 1.00 e. The van der Waals surface area contributed by atoms with E-state index in [1.165, 1.54) is 38.5 Å². The first-order valence-corrected chi connectivity index (χ1v) is 14.0. The Balaban J connectivity index is 0.000000568. The number of rotatable bonds is 4. The molecular formula is C28H44F3NaO5S. The van der Waals surface area contributed by atoms with E-state index in [0.29, 0.717) is 36.3 Å². The van der Waals surface area contributed by atoms with Gasteiger partial charge in [0, 0.05) is 17.9 Å². The van der Waals surface area contributed by atoms with Crippen LogP contribution < -0.4 is 34.7 Å². The molecule has 4 fully saturated rings. The molecule has 4 aliphatic rings. The predicted octanol–water partition coefficient (Wildman–Crippen LogP) is 2.67. The van der Waals surface area contributed by atoms with E-state index in [4.69, 9.17) is 22.8 Å². The van der Waals surface area contributed by atoms with Crippen LogP contribution in [0.3, 0.4) is 0 Å². The number of aliphatic carboxylic acids is 2. The smallest absolute Gasteiger partial charge is 0.545 e. The van der Waals surface area contributed by atoms with Gasteiger partial charge >= 0.3 is 41.7 Å². The molecule has 0 aromatic carbocycles. The zero-order valence-electron chi connectivity index (χ0n) is 23.5. The van der Waals surface area contributed by atoms with Gasteiger partial charge < -0.3 is 20.1 Å². The van der Waals surface area contributed by atoms with E-state index in [9.17, 15) is 27.9 Å². The maximum absolute atomic E-state index is 13.3. The average Bonchev–Trinajstić information content (AvgIpc) is 3.09. The molecule has 5 nitrogen and oxygen atoms in total. The van der Waals surface area contributed by atoms with E-state index in [-0.39, 0.29) is 45.6 Å². The molecule has 0 amide bonds. The monoisotopic (exact) mass is 572 g/mol. The number of carboxylic acids is 2. The van der Waals surface area contributed by atoms with E-state index in [1.807, 2.05) is 0 Å². The van der Waals surface area contributed by atoms with Crippen molar-refractivity contribution in [2.75, 3.05) is 7.11 Å². The molecular weight excluding hydrogens is 528 g/mol. The Morgan fingerprint density at radius 2 is 1.61 bits per heavy atom. The van der Waals surface area contributed by atoms with Crippen LogP contribution in [0.2, 0.25) is 0 Å². The second-order valence-electron chi connectivity index (χ2n) is 11.9. The number of carbonyl (C=O) groups is 2. The average molecular weight is 573 g/mol. The summed E-state index contributed by atoms with van der Waals surface area (Å²) in [6.07, 6.45) is 8.00. The summed E-state index contributed by atoms with van der Waals surface area (Å²) in [7, 11) is 1.00. The number of aliphatic hydroxyl groups is 1. The third-order valence-corrected chi connectivity index (χ3v) is 11.4. The van der Waals surface area contributed by atoms with E-state index in [1.54, 1.807) is 0 Å². The van der Waals surface area contributed by atoms with Crippen LogP contribution in [0.5, 0.6) is 0 Å². The molecule has 8 atom stereocenters. The Kier molecular flexibility index (Phi) is 13.3. The summed E-state index contributed by atoms with van der Waals surface area (Å²) in [5.74, 6) is -1.48. The Labute approximate surface area is 253 Å². The van der Waals surface area contributed by atoms with E-state index in [0.717, 1.165) is 38.2 Å². The van der Waals surface area contributed by atoms with Crippen LogP contribution >= 0.6 is 12.6 Å². The SMILES string of the molecule is CCCC1(S)CCC2C3CCC4CC(C(F)(F)F)CCC4(C)C3CCC21C.CO.O=C([O-])/C=C/C(=O)O.[Na+]. The fourth-order valence-electron chi connectivity index (χ4n) is 8.63. The van der Waals surface area contributed by atoms with E-state index in [2.05, 4.69) is 20.8 Å². The number of halogens is 3. The van der Waals surface area contributed by atoms with Crippen molar-refractivity contribution < 1.29 is 67.6 Å². The summed E-state index contributed by atoms with van der Waals surface area (Å²) in [5, 5.41) is 24.2. The molecule has 0 bridgehead atoms. The van der Waals surface area contributed by atoms with Gasteiger partial charge in [0.2, 0.25) is 0 Å². The van der Waals surface area contributed by atoms with Crippen molar-refractivity contribution in [1.82, 2.24) is 0 Å². The maximum atomic E-state index is 13.3. The number of thiol groups is 1. The molecule has 4 aliphatic carbocycles. The van der Waals surface area contributed by atoms with Crippen LogP contribution in [-0.4, -0.2) is 40.2 Å². The van der Waals surface area contributed by atoms with Crippen LogP contribution in [0.1, 0.15) is 91.4 Å². The quantitative estimate of drug-likeness (QED) is 0.274. The van der Waals surface area contributed by atoms with Crippen LogP contribution in [-0.2, 0) is 9.59 Å². The minimum absolute atomic E-state index is 0. The van der Waals surface area contributed by atoms with Crippen LogP contribution in [0.25, 0.3) is 0 Å². The topological polar surface area (TPSA) is 97.7 Å². The van der Waals surface area contributed by atoms with E-state index >= 15 is 0 Å². The van der Waals surface area contributed by atoms with Gasteiger partial charge in [-0.05, 0) is 105 Å². The second kappa shape index (κ2) is 14.1. The number of carbonyl (C=O) groups excluding carboxylic acids is 1. The number of carboxylic acid groups (broad SMARTS) is 2. The van der Waals surface area contributed by atoms with Crippen LogP contribution in [0.15, 0.2) is 12.2 Å². The zero-order chi connectivity index (χ0) is 28.2. The normalized spacial score (nSPS) is 39.7. The summed E-state index contributed by atoms with van der Waals surface area (Å²) in [4.78, 5) is 19.0. The van der Waals surface area contributed by atoms with Crippen molar-refractivity contribution in [2.45, 2.75) is 102 Å². The van der Waals surface area contributed by atoms with Crippen molar-refractivity contribution in [3.05, 3.63) is 12.2 Å². The number of aliphatic hydroxyl groups excluding tert-OH is 1. The molecule has 10 heteroatoms. The molecule has 4 saturated carbocycles. The first-order valence-electron chi connectivity index (χ1n) is 13.5. The minimum Gasteiger partial charge on any atom is -0.545 e. The third-order valence-electron chi connectivity index (χ3n) is 10.5. The maximum Gasteiger partial charge on any atom is 1.00 e. The molecule has 0 aromatic rings. The molecule has 214 valence electrons. The minimum atomic E-state index is -4.00. The molecule has 8 unspecified atom stereocenters. The molecule has 0 radical (unpaired) electrons. The van der Waals surface area contributed by atoms with Crippen LogP contribution in [0.4, 0.5) is 13.2 Å². The molecule has 38 heavy (non-hydrogen) atoms. The van der Waals surface area contributed by atoms with Gasteiger partial charge in [0.05, 0.1) is 11.9 Å². The molecule has 4 rings (SSSR count). The molecule has 0 saturated heterocycles. The first kappa shape index (κ1) is 35.8. The number of hydrogen-bond acceptors (Lipinski definition) is 5. The predicted molar refractivity (Wildman–Crippen MR) is 138 cm³/mol. The van der Waals surface area contributed by atoms with Gasteiger partial charge in [-0.15, -0.1) is 0 Å². The summed E-state index contributed by atoms with van der Waals surface area (Å²) in [6.45, 7) is 7.13. The van der Waals surface area contributed by atoms with Crippen molar-refractivity contribution in [1.29, 1.82) is 0 Å². The molecule has 2 N–H and O–H groups in total. The summed E-state index contributed by atoms with van der Waals surface area (Å²) >= 11 is 5.26. The fraction of sp³-hybridized carbons (Fsp3) is 0.857. The van der Waals surface area contributed by atoms with Gasteiger partial charge in [0.15, 0.2) is 0 Å². The van der Waals surface area contributed by atoms with Crippen molar-refractivity contribution in [3.8, 4) is 0 Å². The standard InChI is InChI=1S/C23H37F3S.C4H4O4.CH4O.Na/c1-4-10-22(27)13-9-19-17-6-5-15-14-16(23(24,25)26)7-11-20(15,2)18(17)8-12-21(19,22)3;5-3(6)1-2-4(7)8;1-2;/h15-19,27H,4-14H2,1-3H3;1-2H,(H,5,6)(H,7,8);2H,1H3;/q;;;+1/p-1/b;2-1+;;. The Morgan fingerprint density at radius 3 is 2.11 bits per heavy atom. The second-order valence-corrected chi connectivity index (χ2v) is 12.8. The van der Waals surface area contributed by atoms with Crippen molar-refractivity contribution in [2.24, 2.45) is 40.4 Å². The number of fused-ring (bicyclic) bond motifs is 5. The molecule has 0 aromatic heterocycles. The Hall–Kier alpha value is -0.220. The number of alkyl halides is 3. The first-order chi connectivity index (χ1) is 17.2. The Morgan fingerprint density at radius 1 is 1.00 bits per heavy atom. The van der Waals surface area contributed by atoms with Gasteiger partial charge in [-0.1, -0.05) is 27.2 Å².